The molecule has 0 spiro atoms. The summed E-state index contributed by atoms with van der Waals surface area (Å²) in [5.74, 6) is 3.35. The van der Waals surface area contributed by atoms with Gasteiger partial charge < -0.3 is 0 Å². The Hall–Kier alpha value is 0. The first-order chi connectivity index (χ1) is 8.67. The van der Waals surface area contributed by atoms with Crippen molar-refractivity contribution < 1.29 is 0 Å². The highest BCUT2D eigenvalue weighted by molar-refractivity contribution is 4.82. The fourth-order valence-corrected chi connectivity index (χ4v) is 3.54. The molecule has 0 heterocycles. The van der Waals surface area contributed by atoms with Gasteiger partial charge in [-0.25, -0.2) is 0 Å². The molecule has 0 amide bonds. The third-order valence-corrected chi connectivity index (χ3v) is 4.19. The predicted octanol–water partition coefficient (Wildman–Crippen LogP) is 6.94. The van der Waals surface area contributed by atoms with Gasteiger partial charge >= 0.3 is 0 Å². The van der Waals surface area contributed by atoms with Crippen molar-refractivity contribution >= 4 is 0 Å². The number of rotatable bonds is 10. The molecule has 0 aromatic rings. The third kappa shape index (κ3) is 9.52. The summed E-state index contributed by atoms with van der Waals surface area (Å²) >= 11 is 0. The van der Waals surface area contributed by atoms with E-state index in [1.54, 1.807) is 0 Å². The van der Waals surface area contributed by atoms with E-state index in [0.717, 1.165) is 23.7 Å². The molecule has 0 unspecified atom stereocenters. The van der Waals surface area contributed by atoms with Gasteiger partial charge in [-0.05, 0) is 54.8 Å². The van der Waals surface area contributed by atoms with Gasteiger partial charge in [-0.15, -0.1) is 0 Å². The van der Waals surface area contributed by atoms with Crippen LogP contribution in [0.4, 0.5) is 0 Å². The maximum absolute atomic E-state index is 2.40. The zero-order valence-electron chi connectivity index (χ0n) is 15.1. The Morgan fingerprint density at radius 2 is 0.842 bits per heavy atom. The highest BCUT2D eigenvalue weighted by Crippen LogP contribution is 2.43. The molecule has 0 aliphatic rings. The molecule has 0 atom stereocenters. The monoisotopic (exact) mass is 268 g/mol. The third-order valence-electron chi connectivity index (χ3n) is 4.19. The first kappa shape index (κ1) is 19.0. The number of hydrogen-bond donors (Lipinski definition) is 0. The van der Waals surface area contributed by atoms with Gasteiger partial charge in [-0.1, -0.05) is 68.2 Å². The van der Waals surface area contributed by atoms with Gasteiger partial charge in [-0.3, -0.25) is 0 Å². The second-order valence-electron chi connectivity index (χ2n) is 8.56. The second-order valence-corrected chi connectivity index (χ2v) is 8.56. The topological polar surface area (TPSA) is 0 Å². The van der Waals surface area contributed by atoms with Crippen molar-refractivity contribution in [1.29, 1.82) is 0 Å². The molecule has 0 aliphatic heterocycles. The van der Waals surface area contributed by atoms with Crippen LogP contribution in [0.2, 0.25) is 0 Å². The summed E-state index contributed by atoms with van der Waals surface area (Å²) in [5.41, 5.74) is 0.608. The highest BCUT2D eigenvalue weighted by atomic mass is 14.4. The SMILES string of the molecule is CC(C)CCC(CCC(C)C)(CC(C)C)CC(C)C. The molecule has 0 aliphatic carbocycles. The Labute approximate surface area is 123 Å². The van der Waals surface area contributed by atoms with Crippen molar-refractivity contribution in [1.82, 2.24) is 0 Å². The van der Waals surface area contributed by atoms with Gasteiger partial charge in [0.2, 0.25) is 0 Å². The zero-order valence-corrected chi connectivity index (χ0v) is 15.1. The summed E-state index contributed by atoms with van der Waals surface area (Å²) in [6, 6.07) is 0. The lowest BCUT2D eigenvalue weighted by Gasteiger charge is -2.38. The van der Waals surface area contributed by atoms with Gasteiger partial charge in [0.1, 0.15) is 0 Å². The van der Waals surface area contributed by atoms with Crippen molar-refractivity contribution in [3.63, 3.8) is 0 Å². The van der Waals surface area contributed by atoms with Gasteiger partial charge in [0.25, 0.3) is 0 Å². The van der Waals surface area contributed by atoms with E-state index in [4.69, 9.17) is 0 Å². The predicted molar refractivity (Wildman–Crippen MR) is 89.5 cm³/mol. The van der Waals surface area contributed by atoms with Gasteiger partial charge in [0.05, 0.1) is 0 Å². The van der Waals surface area contributed by atoms with E-state index in [1.165, 1.54) is 38.5 Å². The van der Waals surface area contributed by atoms with Crippen LogP contribution in [0, 0.1) is 29.1 Å². The second kappa shape index (κ2) is 9.03. The smallest absolute Gasteiger partial charge is 0.0292 e. The van der Waals surface area contributed by atoms with E-state index >= 15 is 0 Å². The van der Waals surface area contributed by atoms with Crippen LogP contribution < -0.4 is 0 Å². The van der Waals surface area contributed by atoms with E-state index in [9.17, 15) is 0 Å². The maximum atomic E-state index is 2.40. The highest BCUT2D eigenvalue weighted by Gasteiger charge is 2.31. The van der Waals surface area contributed by atoms with Crippen molar-refractivity contribution in [2.45, 2.75) is 93.9 Å². The Kier molecular flexibility index (Phi) is 9.03. The molecular formula is C19H40. The Bertz CT molecular complexity index is 186. The summed E-state index contributed by atoms with van der Waals surface area (Å²) in [7, 11) is 0. The fourth-order valence-electron chi connectivity index (χ4n) is 3.54. The van der Waals surface area contributed by atoms with Crippen LogP contribution in [-0.4, -0.2) is 0 Å². The summed E-state index contributed by atoms with van der Waals surface area (Å²) in [4.78, 5) is 0. The lowest BCUT2D eigenvalue weighted by Crippen LogP contribution is -2.26. The molecule has 0 bridgehead atoms. The molecule has 0 fully saturated rings. The first-order valence-corrected chi connectivity index (χ1v) is 8.67. The summed E-state index contributed by atoms with van der Waals surface area (Å²) < 4.78 is 0. The van der Waals surface area contributed by atoms with Crippen LogP contribution in [0.1, 0.15) is 93.9 Å². The maximum Gasteiger partial charge on any atom is -0.0292 e. The summed E-state index contributed by atoms with van der Waals surface area (Å²) in [5, 5.41) is 0. The molecular weight excluding hydrogens is 228 g/mol. The molecule has 0 radical (unpaired) electrons. The minimum Gasteiger partial charge on any atom is -0.0628 e. The molecule has 0 nitrogen and oxygen atoms in total. The van der Waals surface area contributed by atoms with Crippen molar-refractivity contribution in [2.75, 3.05) is 0 Å². The molecule has 0 aromatic carbocycles. The Morgan fingerprint density at radius 3 is 1.05 bits per heavy atom. The molecule has 0 saturated heterocycles. The van der Waals surface area contributed by atoms with E-state index < -0.39 is 0 Å². The molecule has 116 valence electrons. The summed E-state index contributed by atoms with van der Waals surface area (Å²) in [6.45, 7) is 19.1. The molecule has 0 heteroatoms. The van der Waals surface area contributed by atoms with Crippen LogP contribution in [0.15, 0.2) is 0 Å². The van der Waals surface area contributed by atoms with Gasteiger partial charge in [-0.2, -0.15) is 0 Å². The van der Waals surface area contributed by atoms with E-state index in [0.29, 0.717) is 5.41 Å². The van der Waals surface area contributed by atoms with E-state index in [-0.39, 0.29) is 0 Å². The van der Waals surface area contributed by atoms with Crippen LogP contribution in [-0.2, 0) is 0 Å². The largest absolute Gasteiger partial charge is 0.0628 e. The Morgan fingerprint density at radius 1 is 0.526 bits per heavy atom. The minimum atomic E-state index is 0.608. The lowest BCUT2D eigenvalue weighted by atomic mass is 9.67. The minimum absolute atomic E-state index is 0.608. The standard InChI is InChI=1S/C19H40/c1-15(2)9-11-19(13-17(5)6,14-18(7)8)12-10-16(3)4/h15-18H,9-14H2,1-8H3. The zero-order chi connectivity index (χ0) is 15.1. The van der Waals surface area contributed by atoms with Crippen molar-refractivity contribution in [3.8, 4) is 0 Å². The van der Waals surface area contributed by atoms with Gasteiger partial charge in [0.15, 0.2) is 0 Å². The van der Waals surface area contributed by atoms with E-state index in [2.05, 4.69) is 55.4 Å². The lowest BCUT2D eigenvalue weighted by molar-refractivity contribution is 0.130. The summed E-state index contributed by atoms with van der Waals surface area (Å²) in [6.07, 6.45) is 8.52. The van der Waals surface area contributed by atoms with E-state index in [1.807, 2.05) is 0 Å². The molecule has 0 rings (SSSR count). The normalized spacial score (nSPS) is 13.3. The van der Waals surface area contributed by atoms with Crippen LogP contribution in [0.25, 0.3) is 0 Å². The fraction of sp³-hybridized carbons (Fsp3) is 1.00. The van der Waals surface area contributed by atoms with Crippen molar-refractivity contribution in [2.24, 2.45) is 29.1 Å². The van der Waals surface area contributed by atoms with Crippen LogP contribution in [0.5, 0.6) is 0 Å². The van der Waals surface area contributed by atoms with Crippen LogP contribution in [0.3, 0.4) is 0 Å². The Balaban J connectivity index is 4.83. The first-order valence-electron chi connectivity index (χ1n) is 8.67. The molecule has 0 N–H and O–H groups in total. The van der Waals surface area contributed by atoms with Crippen LogP contribution >= 0.6 is 0 Å². The average Bonchev–Trinajstić information content (AvgIpc) is 2.22. The quantitative estimate of drug-likeness (QED) is 0.402. The molecule has 0 saturated carbocycles. The van der Waals surface area contributed by atoms with Crippen molar-refractivity contribution in [3.05, 3.63) is 0 Å². The molecule has 0 aromatic heterocycles. The van der Waals surface area contributed by atoms with Gasteiger partial charge in [0, 0.05) is 0 Å². The number of hydrogen-bond acceptors (Lipinski definition) is 0. The average molecular weight is 269 g/mol. The molecule has 19 heavy (non-hydrogen) atoms.